The number of methoxy groups -OCH3 is 2. The third kappa shape index (κ3) is 3.41. The van der Waals surface area contributed by atoms with E-state index in [0.29, 0.717) is 24.6 Å². The van der Waals surface area contributed by atoms with E-state index < -0.39 is 12.1 Å². The van der Waals surface area contributed by atoms with Crippen LogP contribution in [0.4, 0.5) is 0 Å². The van der Waals surface area contributed by atoms with Crippen LogP contribution in [-0.2, 0) is 11.3 Å². The maximum absolute atomic E-state index is 12.1. The number of aliphatic hydroxyl groups is 1. The van der Waals surface area contributed by atoms with Crippen molar-refractivity contribution in [1.29, 1.82) is 0 Å². The van der Waals surface area contributed by atoms with Crippen molar-refractivity contribution in [3.63, 3.8) is 0 Å². The minimum absolute atomic E-state index is 0.166. The minimum Gasteiger partial charge on any atom is -0.496 e. The standard InChI is InChI=1S/C17H22N2O4/c1-5-8-18-17(21)11(2)19-9-12-14(22-3)6-7-15(23-4)16(12)13(20)10-19/h1,6-7,11,13,20H,8-10H2,2-4H3,(H,18,21)/t11-,13+/m0/s1. The molecule has 0 radical (unpaired) electrons. The van der Waals surface area contributed by atoms with Gasteiger partial charge >= 0.3 is 0 Å². The van der Waals surface area contributed by atoms with Crippen molar-refractivity contribution in [2.75, 3.05) is 27.3 Å². The lowest BCUT2D eigenvalue weighted by atomic mass is 9.94. The number of β-amino-alcohol motifs (C(OH)–C–C–N with tert-alkyl or cyclic N) is 1. The van der Waals surface area contributed by atoms with Crippen LogP contribution >= 0.6 is 0 Å². The lowest BCUT2D eigenvalue weighted by Gasteiger charge is -2.36. The third-order valence-electron chi connectivity index (χ3n) is 4.11. The van der Waals surface area contributed by atoms with Gasteiger partial charge in [-0.05, 0) is 19.1 Å². The van der Waals surface area contributed by atoms with E-state index in [1.54, 1.807) is 33.3 Å². The van der Waals surface area contributed by atoms with Gasteiger partial charge in [0.1, 0.15) is 11.5 Å². The molecule has 1 heterocycles. The Labute approximate surface area is 136 Å². The van der Waals surface area contributed by atoms with Gasteiger partial charge in [0.15, 0.2) is 0 Å². The van der Waals surface area contributed by atoms with Gasteiger partial charge in [-0.2, -0.15) is 0 Å². The molecule has 1 aromatic rings. The third-order valence-corrected chi connectivity index (χ3v) is 4.11. The van der Waals surface area contributed by atoms with E-state index in [1.165, 1.54) is 0 Å². The second-order valence-electron chi connectivity index (χ2n) is 5.41. The number of aliphatic hydroxyl groups excluding tert-OH is 1. The van der Waals surface area contributed by atoms with Gasteiger partial charge in [-0.1, -0.05) is 5.92 Å². The maximum atomic E-state index is 12.1. The molecule has 0 bridgehead atoms. The molecule has 23 heavy (non-hydrogen) atoms. The van der Waals surface area contributed by atoms with Gasteiger partial charge in [0.05, 0.1) is 32.9 Å². The Bertz CT molecular complexity index is 624. The molecule has 0 aromatic heterocycles. The summed E-state index contributed by atoms with van der Waals surface area (Å²) in [5.74, 6) is 3.50. The Hall–Kier alpha value is -2.23. The zero-order chi connectivity index (χ0) is 17.0. The maximum Gasteiger partial charge on any atom is 0.237 e. The summed E-state index contributed by atoms with van der Waals surface area (Å²) < 4.78 is 10.7. The first kappa shape index (κ1) is 17.1. The molecule has 0 saturated heterocycles. The number of carbonyl (C=O) groups is 1. The van der Waals surface area contributed by atoms with Crippen molar-refractivity contribution in [3.8, 4) is 23.8 Å². The first-order valence-electron chi connectivity index (χ1n) is 7.40. The van der Waals surface area contributed by atoms with Crippen LogP contribution < -0.4 is 14.8 Å². The van der Waals surface area contributed by atoms with Crippen molar-refractivity contribution < 1.29 is 19.4 Å². The van der Waals surface area contributed by atoms with E-state index in [1.807, 2.05) is 4.90 Å². The molecule has 0 saturated carbocycles. The van der Waals surface area contributed by atoms with E-state index in [9.17, 15) is 9.90 Å². The number of rotatable bonds is 5. The normalized spacial score (nSPS) is 18.5. The lowest BCUT2D eigenvalue weighted by Crippen LogP contribution is -2.48. The number of fused-ring (bicyclic) bond motifs is 1. The fourth-order valence-corrected chi connectivity index (χ4v) is 2.85. The van der Waals surface area contributed by atoms with Gasteiger partial charge in [-0.25, -0.2) is 0 Å². The van der Waals surface area contributed by atoms with E-state index >= 15 is 0 Å². The molecule has 6 heteroatoms. The number of ether oxygens (including phenoxy) is 2. The first-order chi connectivity index (χ1) is 11.0. The van der Waals surface area contributed by atoms with Crippen LogP contribution in [0.25, 0.3) is 0 Å². The summed E-state index contributed by atoms with van der Waals surface area (Å²) in [6.07, 6.45) is 4.40. The number of nitrogens with one attached hydrogen (secondary N) is 1. The van der Waals surface area contributed by atoms with E-state index in [4.69, 9.17) is 15.9 Å². The second-order valence-corrected chi connectivity index (χ2v) is 5.41. The summed E-state index contributed by atoms with van der Waals surface area (Å²) in [6, 6.07) is 3.17. The quantitative estimate of drug-likeness (QED) is 0.782. The Morgan fingerprint density at radius 1 is 1.48 bits per heavy atom. The average Bonchev–Trinajstić information content (AvgIpc) is 2.57. The topological polar surface area (TPSA) is 71.0 Å². The van der Waals surface area contributed by atoms with Crippen LogP contribution in [0.1, 0.15) is 24.2 Å². The highest BCUT2D eigenvalue weighted by Gasteiger charge is 2.33. The van der Waals surface area contributed by atoms with Gasteiger partial charge in [-0.3, -0.25) is 9.69 Å². The molecule has 2 N–H and O–H groups in total. The molecular weight excluding hydrogens is 296 g/mol. The van der Waals surface area contributed by atoms with Gasteiger partial charge < -0.3 is 19.9 Å². The number of terminal acetylenes is 1. The highest BCUT2D eigenvalue weighted by molar-refractivity contribution is 5.81. The largest absolute Gasteiger partial charge is 0.496 e. The van der Waals surface area contributed by atoms with Crippen molar-refractivity contribution >= 4 is 5.91 Å². The zero-order valence-corrected chi connectivity index (χ0v) is 13.6. The highest BCUT2D eigenvalue weighted by Crippen LogP contribution is 2.39. The summed E-state index contributed by atoms with van der Waals surface area (Å²) in [6.45, 7) is 2.79. The van der Waals surface area contributed by atoms with E-state index in [0.717, 1.165) is 11.1 Å². The van der Waals surface area contributed by atoms with Gasteiger partial charge in [0, 0.05) is 24.2 Å². The monoisotopic (exact) mass is 318 g/mol. The van der Waals surface area contributed by atoms with Crippen LogP contribution in [0.3, 0.4) is 0 Å². The van der Waals surface area contributed by atoms with Crippen molar-refractivity contribution in [2.24, 2.45) is 0 Å². The van der Waals surface area contributed by atoms with Crippen LogP contribution in [-0.4, -0.2) is 49.3 Å². The zero-order valence-electron chi connectivity index (χ0n) is 13.6. The van der Waals surface area contributed by atoms with Crippen molar-refractivity contribution in [3.05, 3.63) is 23.3 Å². The number of carbonyl (C=O) groups excluding carboxylic acids is 1. The Balaban J connectivity index is 2.29. The number of nitrogens with zero attached hydrogens (tertiary/aromatic N) is 1. The number of hydrogen-bond acceptors (Lipinski definition) is 5. The lowest BCUT2D eigenvalue weighted by molar-refractivity contribution is -0.126. The van der Waals surface area contributed by atoms with E-state index in [-0.39, 0.29) is 12.5 Å². The molecule has 0 unspecified atom stereocenters. The number of hydrogen-bond donors (Lipinski definition) is 2. The van der Waals surface area contributed by atoms with E-state index in [2.05, 4.69) is 11.2 Å². The predicted octanol–water partition coefficient (Wildman–Crippen LogP) is 0.691. The SMILES string of the molecule is C#CCNC(=O)[C@H](C)N1Cc2c(OC)ccc(OC)c2[C@H](O)C1. The summed E-state index contributed by atoms with van der Waals surface area (Å²) in [5.41, 5.74) is 1.56. The summed E-state index contributed by atoms with van der Waals surface area (Å²) in [4.78, 5) is 14.0. The number of amides is 1. The van der Waals surface area contributed by atoms with Gasteiger partial charge in [-0.15, -0.1) is 6.42 Å². The Morgan fingerprint density at radius 3 is 2.74 bits per heavy atom. The fraction of sp³-hybridized carbons (Fsp3) is 0.471. The molecular formula is C17H22N2O4. The van der Waals surface area contributed by atoms with Crippen molar-refractivity contribution in [2.45, 2.75) is 25.6 Å². The van der Waals surface area contributed by atoms with Crippen LogP contribution in [0.5, 0.6) is 11.5 Å². The average molecular weight is 318 g/mol. The highest BCUT2D eigenvalue weighted by atomic mass is 16.5. The molecule has 6 nitrogen and oxygen atoms in total. The molecule has 0 spiro atoms. The molecule has 1 aliphatic heterocycles. The summed E-state index contributed by atoms with van der Waals surface area (Å²) in [7, 11) is 3.15. The smallest absolute Gasteiger partial charge is 0.237 e. The summed E-state index contributed by atoms with van der Waals surface area (Å²) in [5, 5.41) is 13.2. The second kappa shape index (κ2) is 7.36. The Morgan fingerprint density at radius 2 is 2.13 bits per heavy atom. The fourth-order valence-electron chi connectivity index (χ4n) is 2.85. The van der Waals surface area contributed by atoms with Crippen LogP contribution in [0.15, 0.2) is 12.1 Å². The Kier molecular flexibility index (Phi) is 5.48. The van der Waals surface area contributed by atoms with Gasteiger partial charge in [0.25, 0.3) is 0 Å². The molecule has 124 valence electrons. The molecule has 2 atom stereocenters. The van der Waals surface area contributed by atoms with Crippen molar-refractivity contribution in [1.82, 2.24) is 10.2 Å². The molecule has 0 aliphatic carbocycles. The molecule has 1 aliphatic rings. The predicted molar refractivity (Wildman–Crippen MR) is 86.2 cm³/mol. The molecule has 1 amide bonds. The van der Waals surface area contributed by atoms with Crippen LogP contribution in [0.2, 0.25) is 0 Å². The summed E-state index contributed by atoms with van der Waals surface area (Å²) >= 11 is 0. The molecule has 1 aromatic carbocycles. The minimum atomic E-state index is -0.758. The molecule has 0 fully saturated rings. The first-order valence-corrected chi connectivity index (χ1v) is 7.40. The van der Waals surface area contributed by atoms with Gasteiger partial charge in [0.2, 0.25) is 5.91 Å². The molecule has 2 rings (SSSR count). The van der Waals surface area contributed by atoms with Crippen LogP contribution in [0, 0.1) is 12.3 Å². The number of benzene rings is 1.